The van der Waals surface area contributed by atoms with E-state index >= 15 is 0 Å². The molecule has 1 aromatic carbocycles. The molecule has 0 saturated heterocycles. The summed E-state index contributed by atoms with van der Waals surface area (Å²) in [6.45, 7) is 1.92. The van der Waals surface area contributed by atoms with Crippen molar-refractivity contribution in [2.45, 2.75) is 6.92 Å². The fraction of sp³-hybridized carbons (Fsp3) is 0.214. The zero-order valence-electron chi connectivity index (χ0n) is 10.1. The molecule has 1 heterocycles. The Morgan fingerprint density at radius 1 is 1.33 bits per heavy atom. The van der Waals surface area contributed by atoms with Crippen LogP contribution in [-0.2, 0) is 0 Å². The highest BCUT2D eigenvalue weighted by Gasteiger charge is 2.15. The van der Waals surface area contributed by atoms with E-state index in [1.807, 2.05) is 30.3 Å². The van der Waals surface area contributed by atoms with E-state index in [2.05, 4.69) is 5.32 Å². The predicted octanol–water partition coefficient (Wildman–Crippen LogP) is 1.98. The fourth-order valence-corrected chi connectivity index (χ4v) is 1.72. The average Bonchev–Trinajstić information content (AvgIpc) is 2.79. The van der Waals surface area contributed by atoms with Gasteiger partial charge in [0, 0.05) is 12.1 Å². The molecule has 0 radical (unpaired) electrons. The number of aliphatic hydroxyl groups excluding tert-OH is 1. The van der Waals surface area contributed by atoms with E-state index < -0.39 is 0 Å². The molecular weight excluding hydrogens is 230 g/mol. The van der Waals surface area contributed by atoms with Gasteiger partial charge < -0.3 is 14.8 Å². The van der Waals surface area contributed by atoms with Crippen molar-refractivity contribution in [3.05, 3.63) is 47.7 Å². The van der Waals surface area contributed by atoms with Crippen molar-refractivity contribution in [2.24, 2.45) is 0 Å². The van der Waals surface area contributed by atoms with E-state index in [1.165, 1.54) is 0 Å². The molecule has 0 aliphatic rings. The van der Waals surface area contributed by atoms with Crippen molar-refractivity contribution in [2.75, 3.05) is 13.2 Å². The summed E-state index contributed by atoms with van der Waals surface area (Å²) in [7, 11) is 0. The van der Waals surface area contributed by atoms with Crippen LogP contribution in [0.25, 0.3) is 11.3 Å². The lowest BCUT2D eigenvalue weighted by Gasteiger charge is -2.00. The second-order valence-corrected chi connectivity index (χ2v) is 3.93. The first kappa shape index (κ1) is 12.4. The van der Waals surface area contributed by atoms with Gasteiger partial charge in [-0.05, 0) is 13.0 Å². The van der Waals surface area contributed by atoms with Gasteiger partial charge in [0.25, 0.3) is 5.91 Å². The number of hydrogen-bond acceptors (Lipinski definition) is 3. The molecule has 1 aromatic heterocycles. The number of aliphatic hydroxyl groups is 1. The standard InChI is InChI=1S/C14H15NO3/c1-10-12(14(17)15-7-8-16)9-13(18-10)11-5-3-2-4-6-11/h2-6,9,16H,7-8H2,1H3,(H,15,17). The summed E-state index contributed by atoms with van der Waals surface area (Å²) >= 11 is 0. The van der Waals surface area contributed by atoms with Gasteiger partial charge in [0.2, 0.25) is 0 Å². The largest absolute Gasteiger partial charge is 0.461 e. The smallest absolute Gasteiger partial charge is 0.254 e. The fourth-order valence-electron chi connectivity index (χ4n) is 1.72. The molecule has 0 unspecified atom stereocenters. The summed E-state index contributed by atoms with van der Waals surface area (Å²) in [4.78, 5) is 11.8. The lowest BCUT2D eigenvalue weighted by molar-refractivity contribution is 0.0943. The third-order valence-corrected chi connectivity index (χ3v) is 2.62. The SMILES string of the molecule is Cc1oc(-c2ccccc2)cc1C(=O)NCCO. The van der Waals surface area contributed by atoms with Crippen molar-refractivity contribution in [3.63, 3.8) is 0 Å². The van der Waals surface area contributed by atoms with Crippen molar-refractivity contribution in [1.29, 1.82) is 0 Å². The monoisotopic (exact) mass is 245 g/mol. The quantitative estimate of drug-likeness (QED) is 0.865. The van der Waals surface area contributed by atoms with E-state index in [1.54, 1.807) is 13.0 Å². The number of rotatable bonds is 4. The second kappa shape index (κ2) is 5.51. The lowest BCUT2D eigenvalue weighted by atomic mass is 10.1. The Balaban J connectivity index is 2.25. The minimum absolute atomic E-state index is 0.0752. The maximum atomic E-state index is 11.8. The summed E-state index contributed by atoms with van der Waals surface area (Å²) < 4.78 is 5.58. The van der Waals surface area contributed by atoms with Gasteiger partial charge in [-0.15, -0.1) is 0 Å². The zero-order chi connectivity index (χ0) is 13.0. The molecule has 0 bridgehead atoms. The van der Waals surface area contributed by atoms with Crippen LogP contribution in [0.5, 0.6) is 0 Å². The van der Waals surface area contributed by atoms with Crippen LogP contribution in [0.3, 0.4) is 0 Å². The van der Waals surface area contributed by atoms with Crippen LogP contribution in [0, 0.1) is 6.92 Å². The highest BCUT2D eigenvalue weighted by Crippen LogP contribution is 2.24. The molecule has 1 amide bonds. The Morgan fingerprint density at radius 2 is 2.06 bits per heavy atom. The van der Waals surface area contributed by atoms with Gasteiger partial charge >= 0.3 is 0 Å². The van der Waals surface area contributed by atoms with Gasteiger partial charge in [-0.1, -0.05) is 30.3 Å². The van der Waals surface area contributed by atoms with Crippen LogP contribution in [0.2, 0.25) is 0 Å². The van der Waals surface area contributed by atoms with Gasteiger partial charge in [-0.3, -0.25) is 4.79 Å². The number of benzene rings is 1. The van der Waals surface area contributed by atoms with Gasteiger partial charge in [0.1, 0.15) is 11.5 Å². The van der Waals surface area contributed by atoms with Crippen molar-refractivity contribution >= 4 is 5.91 Å². The van der Waals surface area contributed by atoms with Gasteiger partial charge in [-0.25, -0.2) is 0 Å². The van der Waals surface area contributed by atoms with E-state index in [-0.39, 0.29) is 19.1 Å². The Labute approximate surface area is 105 Å². The summed E-state index contributed by atoms with van der Waals surface area (Å²) in [6.07, 6.45) is 0. The first-order chi connectivity index (χ1) is 8.72. The van der Waals surface area contributed by atoms with Crippen molar-refractivity contribution < 1.29 is 14.3 Å². The van der Waals surface area contributed by atoms with Gasteiger partial charge in [0.05, 0.1) is 12.2 Å². The summed E-state index contributed by atoms with van der Waals surface area (Å²) in [5.41, 5.74) is 1.43. The first-order valence-electron chi connectivity index (χ1n) is 5.77. The molecular formula is C14H15NO3. The molecule has 0 aliphatic carbocycles. The van der Waals surface area contributed by atoms with E-state index in [0.29, 0.717) is 17.1 Å². The summed E-state index contributed by atoms with van der Waals surface area (Å²) in [5.74, 6) is 1.01. The molecule has 94 valence electrons. The third-order valence-electron chi connectivity index (χ3n) is 2.62. The third kappa shape index (κ3) is 2.60. The van der Waals surface area contributed by atoms with Crippen molar-refractivity contribution in [1.82, 2.24) is 5.32 Å². The maximum absolute atomic E-state index is 11.8. The Hall–Kier alpha value is -2.07. The Morgan fingerprint density at radius 3 is 2.72 bits per heavy atom. The highest BCUT2D eigenvalue weighted by molar-refractivity contribution is 5.96. The van der Waals surface area contributed by atoms with Crippen LogP contribution in [0.1, 0.15) is 16.1 Å². The summed E-state index contributed by atoms with van der Waals surface area (Å²) in [6, 6.07) is 11.3. The minimum Gasteiger partial charge on any atom is -0.461 e. The molecule has 18 heavy (non-hydrogen) atoms. The van der Waals surface area contributed by atoms with Crippen LogP contribution in [-0.4, -0.2) is 24.2 Å². The Bertz CT molecular complexity index is 531. The molecule has 2 aromatic rings. The molecule has 0 fully saturated rings. The van der Waals surface area contributed by atoms with Crippen molar-refractivity contribution in [3.8, 4) is 11.3 Å². The number of carbonyl (C=O) groups is 1. The van der Waals surface area contributed by atoms with Crippen LogP contribution < -0.4 is 5.32 Å². The molecule has 4 nitrogen and oxygen atoms in total. The second-order valence-electron chi connectivity index (χ2n) is 3.93. The number of nitrogens with one attached hydrogen (secondary N) is 1. The first-order valence-corrected chi connectivity index (χ1v) is 5.77. The highest BCUT2D eigenvalue weighted by atomic mass is 16.3. The number of furan rings is 1. The maximum Gasteiger partial charge on any atom is 0.254 e. The molecule has 0 atom stereocenters. The molecule has 0 spiro atoms. The molecule has 0 saturated carbocycles. The van der Waals surface area contributed by atoms with Gasteiger partial charge in [0.15, 0.2) is 0 Å². The van der Waals surface area contributed by atoms with Gasteiger partial charge in [-0.2, -0.15) is 0 Å². The number of carbonyl (C=O) groups excluding carboxylic acids is 1. The zero-order valence-corrected chi connectivity index (χ0v) is 10.1. The van der Waals surface area contributed by atoms with Crippen LogP contribution >= 0.6 is 0 Å². The average molecular weight is 245 g/mol. The Kier molecular flexibility index (Phi) is 3.79. The molecule has 2 rings (SSSR count). The topological polar surface area (TPSA) is 62.5 Å². The van der Waals surface area contributed by atoms with Crippen LogP contribution in [0.15, 0.2) is 40.8 Å². The molecule has 0 aliphatic heterocycles. The number of hydrogen-bond donors (Lipinski definition) is 2. The minimum atomic E-state index is -0.229. The van der Waals surface area contributed by atoms with E-state index in [4.69, 9.17) is 9.52 Å². The number of aryl methyl sites for hydroxylation is 1. The lowest BCUT2D eigenvalue weighted by Crippen LogP contribution is -2.26. The normalized spacial score (nSPS) is 10.3. The predicted molar refractivity (Wildman–Crippen MR) is 68.3 cm³/mol. The molecule has 2 N–H and O–H groups in total. The molecule has 4 heteroatoms. The number of amides is 1. The summed E-state index contributed by atoms with van der Waals surface area (Å²) in [5, 5.41) is 11.3. The van der Waals surface area contributed by atoms with E-state index in [0.717, 1.165) is 5.56 Å². The van der Waals surface area contributed by atoms with Crippen LogP contribution in [0.4, 0.5) is 0 Å². The van der Waals surface area contributed by atoms with E-state index in [9.17, 15) is 4.79 Å².